The number of aryl methyl sites for hydroxylation is 1. The first-order valence-corrected chi connectivity index (χ1v) is 8.61. The fraction of sp³-hybridized carbons (Fsp3) is 0.562. The molecule has 0 amide bonds. The van der Waals surface area contributed by atoms with Crippen molar-refractivity contribution in [3.8, 4) is 0 Å². The van der Waals surface area contributed by atoms with E-state index in [1.54, 1.807) is 12.1 Å². The van der Waals surface area contributed by atoms with Gasteiger partial charge in [0.1, 0.15) is 6.34 Å². The lowest BCUT2D eigenvalue weighted by Gasteiger charge is -2.31. The summed E-state index contributed by atoms with van der Waals surface area (Å²) in [6.45, 7) is 2.03. The van der Waals surface area contributed by atoms with Gasteiger partial charge in [0, 0.05) is 30.2 Å². The Balaban J connectivity index is 1.88. The van der Waals surface area contributed by atoms with Crippen LogP contribution >= 0.6 is 23.7 Å². The minimum Gasteiger partial charge on any atom is -0.297 e. The van der Waals surface area contributed by atoms with Crippen LogP contribution in [0.4, 0.5) is 5.69 Å². The van der Waals surface area contributed by atoms with E-state index in [2.05, 4.69) is 20.7 Å². The van der Waals surface area contributed by atoms with Crippen molar-refractivity contribution in [1.29, 1.82) is 0 Å². The van der Waals surface area contributed by atoms with Gasteiger partial charge in [0.05, 0.1) is 5.69 Å². The Hall–Kier alpha value is -0.710. The van der Waals surface area contributed by atoms with Crippen LogP contribution in [0.3, 0.4) is 0 Å². The van der Waals surface area contributed by atoms with Gasteiger partial charge in [-0.3, -0.25) is 4.31 Å². The van der Waals surface area contributed by atoms with Gasteiger partial charge in [-0.15, -0.1) is 0 Å². The summed E-state index contributed by atoms with van der Waals surface area (Å²) >= 11 is 7.69. The van der Waals surface area contributed by atoms with Crippen molar-refractivity contribution in [2.75, 3.05) is 14.1 Å². The van der Waals surface area contributed by atoms with Crippen LogP contribution in [0.1, 0.15) is 37.7 Å². The van der Waals surface area contributed by atoms with Crippen molar-refractivity contribution in [3.63, 3.8) is 0 Å². The number of hydrogen-bond acceptors (Lipinski definition) is 3. The molecule has 0 radical (unpaired) electrons. The monoisotopic (exact) mass is 325 g/mol. The highest BCUT2D eigenvalue weighted by molar-refractivity contribution is 7.95. The first kappa shape index (κ1) is 16.7. The average molecular weight is 326 g/mol. The quantitative estimate of drug-likeness (QED) is 0.428. The Labute approximate surface area is 137 Å². The van der Waals surface area contributed by atoms with Crippen LogP contribution in [0, 0.1) is 6.92 Å². The molecule has 0 aromatic heterocycles. The van der Waals surface area contributed by atoms with Gasteiger partial charge < -0.3 is 0 Å². The molecule has 1 aliphatic carbocycles. The molecule has 21 heavy (non-hydrogen) atoms. The van der Waals surface area contributed by atoms with Crippen molar-refractivity contribution < 1.29 is 0 Å². The van der Waals surface area contributed by atoms with Crippen molar-refractivity contribution in [1.82, 2.24) is 8.61 Å². The topological polar surface area (TPSA) is 18.8 Å². The summed E-state index contributed by atoms with van der Waals surface area (Å²) in [4.78, 5) is 4.54. The van der Waals surface area contributed by atoms with E-state index in [1.807, 2.05) is 38.5 Å². The third-order valence-electron chi connectivity index (χ3n) is 3.86. The number of hydrogen-bond donors (Lipinski definition) is 0. The molecule has 0 atom stereocenters. The Morgan fingerprint density at radius 1 is 1.24 bits per heavy atom. The summed E-state index contributed by atoms with van der Waals surface area (Å²) in [6.07, 6.45) is 8.60. The van der Waals surface area contributed by atoms with Crippen LogP contribution < -0.4 is 0 Å². The first-order valence-electron chi connectivity index (χ1n) is 7.50. The van der Waals surface area contributed by atoms with Gasteiger partial charge in [-0.05, 0) is 50.6 Å². The zero-order valence-corrected chi connectivity index (χ0v) is 14.6. The molecule has 116 valence electrons. The highest BCUT2D eigenvalue weighted by Crippen LogP contribution is 2.27. The normalized spacial score (nSPS) is 16.8. The van der Waals surface area contributed by atoms with Crippen molar-refractivity contribution in [3.05, 3.63) is 28.8 Å². The molecule has 1 aromatic carbocycles. The van der Waals surface area contributed by atoms with Crippen LogP contribution in [0.25, 0.3) is 0 Å². The van der Waals surface area contributed by atoms with Gasteiger partial charge in [-0.25, -0.2) is 9.30 Å². The van der Waals surface area contributed by atoms with E-state index in [9.17, 15) is 0 Å². The lowest BCUT2D eigenvalue weighted by molar-refractivity contribution is 0.302. The summed E-state index contributed by atoms with van der Waals surface area (Å²) in [7, 11) is 4.22. The van der Waals surface area contributed by atoms with Crippen LogP contribution in [-0.4, -0.2) is 35.1 Å². The van der Waals surface area contributed by atoms with Crippen LogP contribution in [0.15, 0.2) is 23.2 Å². The molecule has 0 saturated heterocycles. The minimum absolute atomic E-state index is 0.692. The average Bonchev–Trinajstić information content (AvgIpc) is 2.47. The van der Waals surface area contributed by atoms with E-state index in [1.165, 1.54) is 32.1 Å². The van der Waals surface area contributed by atoms with Gasteiger partial charge in [-0.2, -0.15) is 0 Å². The second-order valence-corrected chi connectivity index (χ2v) is 7.39. The summed E-state index contributed by atoms with van der Waals surface area (Å²) in [6, 6.07) is 6.46. The Kier molecular flexibility index (Phi) is 6.40. The van der Waals surface area contributed by atoms with Crippen molar-refractivity contribution >= 4 is 35.8 Å². The minimum atomic E-state index is 0.692. The number of halogens is 1. The molecule has 1 aliphatic rings. The van der Waals surface area contributed by atoms with E-state index < -0.39 is 0 Å². The molecule has 0 N–H and O–H groups in total. The molecule has 0 spiro atoms. The fourth-order valence-corrected chi connectivity index (χ4v) is 3.71. The summed E-state index contributed by atoms with van der Waals surface area (Å²) in [5.74, 6) is 0. The van der Waals surface area contributed by atoms with Crippen LogP contribution in [-0.2, 0) is 0 Å². The van der Waals surface area contributed by atoms with Crippen molar-refractivity contribution in [2.24, 2.45) is 4.99 Å². The molecule has 3 nitrogen and oxygen atoms in total. The lowest BCUT2D eigenvalue weighted by atomic mass is 9.96. The SMILES string of the molecule is Cc1cc(Cl)ccc1/N=C/N(C)SN(C)C1CCCCC1. The predicted molar refractivity (Wildman–Crippen MR) is 94.3 cm³/mol. The Morgan fingerprint density at radius 3 is 2.62 bits per heavy atom. The zero-order chi connectivity index (χ0) is 15.2. The molecule has 5 heteroatoms. The molecule has 0 heterocycles. The highest BCUT2D eigenvalue weighted by atomic mass is 35.5. The highest BCUT2D eigenvalue weighted by Gasteiger charge is 2.19. The van der Waals surface area contributed by atoms with Crippen LogP contribution in [0.5, 0.6) is 0 Å². The predicted octanol–water partition coefficient (Wildman–Crippen LogP) is 5.07. The molecule has 0 unspecified atom stereocenters. The van der Waals surface area contributed by atoms with E-state index in [4.69, 9.17) is 11.6 Å². The van der Waals surface area contributed by atoms with Crippen molar-refractivity contribution in [2.45, 2.75) is 45.1 Å². The van der Waals surface area contributed by atoms with Gasteiger partial charge in [0.2, 0.25) is 0 Å². The third-order valence-corrected chi connectivity index (χ3v) is 5.01. The van der Waals surface area contributed by atoms with Gasteiger partial charge >= 0.3 is 0 Å². The smallest absolute Gasteiger partial charge is 0.102 e. The maximum Gasteiger partial charge on any atom is 0.102 e. The number of aliphatic imine (C=N–C) groups is 1. The second-order valence-electron chi connectivity index (χ2n) is 5.64. The summed E-state index contributed by atoms with van der Waals surface area (Å²) in [5, 5.41) is 0.756. The largest absolute Gasteiger partial charge is 0.297 e. The lowest BCUT2D eigenvalue weighted by Crippen LogP contribution is -2.31. The summed E-state index contributed by atoms with van der Waals surface area (Å²) < 4.78 is 4.42. The first-order chi connectivity index (χ1) is 10.1. The van der Waals surface area contributed by atoms with E-state index in [-0.39, 0.29) is 0 Å². The van der Waals surface area contributed by atoms with Gasteiger partial charge in [0.25, 0.3) is 0 Å². The molecular weight excluding hydrogens is 302 g/mol. The molecule has 1 aromatic rings. The van der Waals surface area contributed by atoms with E-state index in [0.717, 1.165) is 16.3 Å². The van der Waals surface area contributed by atoms with Gasteiger partial charge in [-0.1, -0.05) is 30.9 Å². The molecule has 0 aliphatic heterocycles. The second kappa shape index (κ2) is 8.06. The van der Waals surface area contributed by atoms with Gasteiger partial charge in [0.15, 0.2) is 0 Å². The molecule has 1 fully saturated rings. The molecule has 1 saturated carbocycles. The van der Waals surface area contributed by atoms with E-state index in [0.29, 0.717) is 6.04 Å². The van der Waals surface area contributed by atoms with E-state index >= 15 is 0 Å². The fourth-order valence-electron chi connectivity index (χ4n) is 2.64. The summed E-state index contributed by atoms with van der Waals surface area (Å²) in [5.41, 5.74) is 2.06. The molecule has 2 rings (SSSR count). The Bertz CT molecular complexity index is 486. The number of nitrogens with zero attached hydrogens (tertiary/aromatic N) is 3. The number of rotatable bonds is 5. The standard InChI is InChI=1S/C16H24ClN3S/c1-13-11-14(17)9-10-16(13)18-12-19(2)21-20(3)15-7-5-4-6-8-15/h9-12,15H,4-8H2,1-3H3/b18-12+. The van der Waals surface area contributed by atoms with Crippen LogP contribution in [0.2, 0.25) is 5.02 Å². The number of benzene rings is 1. The molecule has 0 bridgehead atoms. The third kappa shape index (κ3) is 5.20. The molecular formula is C16H24ClN3S. The zero-order valence-electron chi connectivity index (χ0n) is 13.1. The Morgan fingerprint density at radius 2 is 1.95 bits per heavy atom. The maximum atomic E-state index is 5.96. The maximum absolute atomic E-state index is 5.96.